The lowest BCUT2D eigenvalue weighted by molar-refractivity contribution is -0.143. The number of aryl methyl sites for hydroxylation is 1. The zero-order valence-corrected chi connectivity index (χ0v) is 11.7. The van der Waals surface area contributed by atoms with Crippen LogP contribution in [0.15, 0.2) is 18.2 Å². The number of para-hydroxylation sites is 1. The summed E-state index contributed by atoms with van der Waals surface area (Å²) >= 11 is 0. The molecule has 4 nitrogen and oxygen atoms in total. The SMILES string of the molecule is Cc1cccc(C#N)c1NCC1CCC(C(=O)O)CC1. The minimum absolute atomic E-state index is 0.167. The number of carboxylic acids is 1. The van der Waals surface area contributed by atoms with Gasteiger partial charge in [0.25, 0.3) is 0 Å². The molecule has 1 aliphatic carbocycles. The average molecular weight is 272 g/mol. The Morgan fingerprint density at radius 1 is 1.40 bits per heavy atom. The van der Waals surface area contributed by atoms with Gasteiger partial charge in [0.2, 0.25) is 0 Å². The summed E-state index contributed by atoms with van der Waals surface area (Å²) in [4.78, 5) is 10.9. The molecule has 0 radical (unpaired) electrons. The minimum atomic E-state index is -0.665. The molecule has 4 heteroatoms. The largest absolute Gasteiger partial charge is 0.481 e. The first-order chi connectivity index (χ1) is 9.61. The van der Waals surface area contributed by atoms with Crippen LogP contribution in [-0.2, 0) is 4.79 Å². The molecule has 0 aromatic heterocycles. The van der Waals surface area contributed by atoms with E-state index in [1.54, 1.807) is 0 Å². The first-order valence-electron chi connectivity index (χ1n) is 7.08. The third-order valence-corrected chi connectivity index (χ3v) is 4.16. The quantitative estimate of drug-likeness (QED) is 0.883. The second-order valence-electron chi connectivity index (χ2n) is 5.55. The molecule has 0 heterocycles. The second-order valence-corrected chi connectivity index (χ2v) is 5.55. The van der Waals surface area contributed by atoms with Crippen molar-refractivity contribution in [3.63, 3.8) is 0 Å². The van der Waals surface area contributed by atoms with Gasteiger partial charge in [0.15, 0.2) is 0 Å². The fourth-order valence-corrected chi connectivity index (χ4v) is 2.86. The summed E-state index contributed by atoms with van der Waals surface area (Å²) in [5.41, 5.74) is 2.66. The minimum Gasteiger partial charge on any atom is -0.481 e. The van der Waals surface area contributed by atoms with Crippen molar-refractivity contribution in [3.05, 3.63) is 29.3 Å². The van der Waals surface area contributed by atoms with E-state index in [4.69, 9.17) is 10.4 Å². The molecule has 2 N–H and O–H groups in total. The predicted molar refractivity (Wildman–Crippen MR) is 77.5 cm³/mol. The van der Waals surface area contributed by atoms with Gasteiger partial charge in [0.1, 0.15) is 6.07 Å². The summed E-state index contributed by atoms with van der Waals surface area (Å²) in [5.74, 6) is -0.335. The summed E-state index contributed by atoms with van der Waals surface area (Å²) < 4.78 is 0. The Morgan fingerprint density at radius 2 is 2.10 bits per heavy atom. The van der Waals surface area contributed by atoms with E-state index in [-0.39, 0.29) is 5.92 Å². The van der Waals surface area contributed by atoms with Gasteiger partial charge in [-0.1, -0.05) is 12.1 Å². The standard InChI is InChI=1S/C16H20N2O2/c1-11-3-2-4-14(9-17)15(11)18-10-12-5-7-13(8-6-12)16(19)20/h2-4,12-13,18H,5-8,10H2,1H3,(H,19,20). The van der Waals surface area contributed by atoms with Gasteiger partial charge in [0.05, 0.1) is 17.2 Å². The first kappa shape index (κ1) is 14.4. The molecule has 1 aliphatic rings. The van der Waals surface area contributed by atoms with Crippen LogP contribution >= 0.6 is 0 Å². The van der Waals surface area contributed by atoms with Crippen LogP contribution in [0.1, 0.15) is 36.8 Å². The number of aliphatic carboxylic acids is 1. The molecule has 0 atom stereocenters. The number of anilines is 1. The van der Waals surface area contributed by atoms with Crippen LogP contribution in [0.25, 0.3) is 0 Å². The van der Waals surface area contributed by atoms with Crippen LogP contribution in [0.3, 0.4) is 0 Å². The molecule has 1 saturated carbocycles. The van der Waals surface area contributed by atoms with Crippen molar-refractivity contribution in [2.45, 2.75) is 32.6 Å². The Morgan fingerprint density at radius 3 is 2.70 bits per heavy atom. The van der Waals surface area contributed by atoms with E-state index in [2.05, 4.69) is 11.4 Å². The van der Waals surface area contributed by atoms with Crippen molar-refractivity contribution in [1.29, 1.82) is 5.26 Å². The number of nitrogens with zero attached hydrogens (tertiary/aromatic N) is 1. The molecule has 0 amide bonds. The first-order valence-corrected chi connectivity index (χ1v) is 7.08. The van der Waals surface area contributed by atoms with Crippen molar-refractivity contribution < 1.29 is 9.90 Å². The normalized spacial score (nSPS) is 22.0. The molecule has 2 rings (SSSR count). The number of benzene rings is 1. The summed E-state index contributed by atoms with van der Waals surface area (Å²) in [6.45, 7) is 2.80. The number of nitriles is 1. The van der Waals surface area contributed by atoms with Gasteiger partial charge in [-0.25, -0.2) is 0 Å². The van der Waals surface area contributed by atoms with E-state index in [0.29, 0.717) is 11.5 Å². The number of nitrogens with one attached hydrogen (secondary N) is 1. The molecule has 0 spiro atoms. The topological polar surface area (TPSA) is 73.1 Å². The van der Waals surface area contributed by atoms with E-state index < -0.39 is 5.97 Å². The van der Waals surface area contributed by atoms with Gasteiger partial charge in [-0.15, -0.1) is 0 Å². The lowest BCUT2D eigenvalue weighted by atomic mass is 9.82. The highest BCUT2D eigenvalue weighted by atomic mass is 16.4. The fourth-order valence-electron chi connectivity index (χ4n) is 2.86. The Bertz CT molecular complexity index is 526. The Labute approximate surface area is 119 Å². The number of hydrogen-bond donors (Lipinski definition) is 2. The molecular formula is C16H20N2O2. The van der Waals surface area contributed by atoms with E-state index >= 15 is 0 Å². The smallest absolute Gasteiger partial charge is 0.306 e. The summed E-state index contributed by atoms with van der Waals surface area (Å²) in [6, 6.07) is 7.90. The highest BCUT2D eigenvalue weighted by Crippen LogP contribution is 2.30. The third kappa shape index (κ3) is 3.30. The molecule has 1 aromatic rings. The molecular weight excluding hydrogens is 252 g/mol. The molecule has 106 valence electrons. The number of carbonyl (C=O) groups is 1. The average Bonchev–Trinajstić information content (AvgIpc) is 2.46. The van der Waals surface area contributed by atoms with Crippen LogP contribution in [0.2, 0.25) is 0 Å². The van der Waals surface area contributed by atoms with E-state index in [0.717, 1.165) is 43.5 Å². The summed E-state index contributed by atoms with van der Waals surface area (Å²) in [7, 11) is 0. The van der Waals surface area contributed by atoms with Gasteiger partial charge in [0, 0.05) is 6.54 Å². The van der Waals surface area contributed by atoms with E-state index in [1.807, 2.05) is 25.1 Å². The van der Waals surface area contributed by atoms with Crippen molar-refractivity contribution >= 4 is 11.7 Å². The van der Waals surface area contributed by atoms with Gasteiger partial charge in [-0.2, -0.15) is 5.26 Å². The second kappa shape index (κ2) is 6.42. The van der Waals surface area contributed by atoms with Crippen LogP contribution in [0.5, 0.6) is 0 Å². The fraction of sp³-hybridized carbons (Fsp3) is 0.500. The van der Waals surface area contributed by atoms with Crippen molar-refractivity contribution in [2.24, 2.45) is 11.8 Å². The van der Waals surface area contributed by atoms with Crippen molar-refractivity contribution in [1.82, 2.24) is 0 Å². The molecule has 0 unspecified atom stereocenters. The third-order valence-electron chi connectivity index (χ3n) is 4.16. The Hall–Kier alpha value is -2.02. The maximum atomic E-state index is 10.9. The maximum Gasteiger partial charge on any atom is 0.306 e. The summed E-state index contributed by atoms with van der Waals surface area (Å²) in [5, 5.41) is 21.5. The van der Waals surface area contributed by atoms with Crippen LogP contribution in [0, 0.1) is 30.1 Å². The van der Waals surface area contributed by atoms with Gasteiger partial charge in [-0.3, -0.25) is 4.79 Å². The van der Waals surface area contributed by atoms with E-state index in [1.165, 1.54) is 0 Å². The lowest BCUT2D eigenvalue weighted by Gasteiger charge is -2.27. The van der Waals surface area contributed by atoms with Crippen LogP contribution in [0.4, 0.5) is 5.69 Å². The van der Waals surface area contributed by atoms with Crippen LogP contribution < -0.4 is 5.32 Å². The van der Waals surface area contributed by atoms with Gasteiger partial charge in [-0.05, 0) is 50.2 Å². The van der Waals surface area contributed by atoms with Gasteiger partial charge < -0.3 is 10.4 Å². The lowest BCUT2D eigenvalue weighted by Crippen LogP contribution is -2.25. The maximum absolute atomic E-state index is 10.9. The molecule has 0 aliphatic heterocycles. The monoisotopic (exact) mass is 272 g/mol. The van der Waals surface area contributed by atoms with Gasteiger partial charge >= 0.3 is 5.97 Å². The number of hydrogen-bond acceptors (Lipinski definition) is 3. The zero-order valence-electron chi connectivity index (χ0n) is 11.7. The molecule has 1 fully saturated rings. The van der Waals surface area contributed by atoms with Crippen molar-refractivity contribution in [2.75, 3.05) is 11.9 Å². The number of rotatable bonds is 4. The highest BCUT2D eigenvalue weighted by Gasteiger charge is 2.25. The Balaban J connectivity index is 1.91. The zero-order chi connectivity index (χ0) is 14.5. The molecule has 20 heavy (non-hydrogen) atoms. The molecule has 0 bridgehead atoms. The highest BCUT2D eigenvalue weighted by molar-refractivity contribution is 5.70. The van der Waals surface area contributed by atoms with Crippen LogP contribution in [-0.4, -0.2) is 17.6 Å². The van der Waals surface area contributed by atoms with Crippen molar-refractivity contribution in [3.8, 4) is 6.07 Å². The molecule has 1 aromatic carbocycles. The predicted octanol–water partition coefficient (Wildman–Crippen LogP) is 3.17. The Kier molecular flexibility index (Phi) is 4.62. The van der Waals surface area contributed by atoms with E-state index in [9.17, 15) is 4.79 Å². The number of carboxylic acid groups (broad SMARTS) is 1. The molecule has 0 saturated heterocycles. The summed E-state index contributed by atoms with van der Waals surface area (Å²) in [6.07, 6.45) is 3.41.